The van der Waals surface area contributed by atoms with E-state index in [1.54, 1.807) is 0 Å². The summed E-state index contributed by atoms with van der Waals surface area (Å²) in [5.41, 5.74) is 3.04. The Kier molecular flexibility index (Phi) is 5.46. The van der Waals surface area contributed by atoms with Gasteiger partial charge in [0.2, 0.25) is 5.91 Å². The Bertz CT molecular complexity index is 697. The summed E-state index contributed by atoms with van der Waals surface area (Å²) < 4.78 is 11.1. The minimum absolute atomic E-state index is 0.0921. The molecule has 1 aliphatic rings. The number of hydrogen-bond donors (Lipinski definition) is 2. The molecule has 126 valence electrons. The van der Waals surface area contributed by atoms with Crippen molar-refractivity contribution in [1.82, 2.24) is 5.32 Å². The maximum atomic E-state index is 12.2. The summed E-state index contributed by atoms with van der Waals surface area (Å²) in [5.74, 6) is 0.632. The number of anilines is 1. The maximum absolute atomic E-state index is 12.2. The van der Waals surface area contributed by atoms with Crippen LogP contribution in [0.3, 0.4) is 0 Å². The predicted molar refractivity (Wildman–Crippen MR) is 93.2 cm³/mol. The van der Waals surface area contributed by atoms with E-state index in [9.17, 15) is 4.79 Å². The Morgan fingerprint density at radius 2 is 2.17 bits per heavy atom. The van der Waals surface area contributed by atoms with Gasteiger partial charge >= 0.3 is 0 Å². The van der Waals surface area contributed by atoms with Crippen LogP contribution < -0.4 is 15.4 Å². The largest absolute Gasteiger partial charge is 0.489 e. The van der Waals surface area contributed by atoms with Crippen LogP contribution in [0.15, 0.2) is 48.5 Å². The molecule has 0 unspecified atom stereocenters. The van der Waals surface area contributed by atoms with E-state index in [-0.39, 0.29) is 11.9 Å². The van der Waals surface area contributed by atoms with Crippen LogP contribution >= 0.6 is 0 Å². The van der Waals surface area contributed by atoms with Gasteiger partial charge in [-0.3, -0.25) is 4.79 Å². The second kappa shape index (κ2) is 7.95. The lowest BCUT2D eigenvalue weighted by atomic mass is 10.1. The summed E-state index contributed by atoms with van der Waals surface area (Å²) in [4.78, 5) is 12.2. The highest BCUT2D eigenvalue weighted by molar-refractivity contribution is 5.95. The van der Waals surface area contributed by atoms with Gasteiger partial charge in [0.15, 0.2) is 0 Å². The molecule has 0 spiro atoms. The van der Waals surface area contributed by atoms with Crippen molar-refractivity contribution in [3.63, 3.8) is 0 Å². The zero-order chi connectivity index (χ0) is 16.8. The zero-order valence-corrected chi connectivity index (χ0v) is 13.7. The van der Waals surface area contributed by atoms with Crippen LogP contribution in [0.1, 0.15) is 11.1 Å². The second-order valence-corrected chi connectivity index (χ2v) is 5.88. The molecule has 1 saturated heterocycles. The van der Waals surface area contributed by atoms with Crippen molar-refractivity contribution in [2.24, 2.45) is 0 Å². The van der Waals surface area contributed by atoms with E-state index in [2.05, 4.69) is 29.7 Å². The summed E-state index contributed by atoms with van der Waals surface area (Å²) in [6.07, 6.45) is 0. The van der Waals surface area contributed by atoms with Crippen LogP contribution in [-0.2, 0) is 16.1 Å². The van der Waals surface area contributed by atoms with E-state index in [1.165, 1.54) is 5.56 Å². The molecule has 5 heteroatoms. The highest BCUT2D eigenvalue weighted by Crippen LogP contribution is 2.19. The number of aryl methyl sites for hydroxylation is 1. The molecule has 24 heavy (non-hydrogen) atoms. The number of amides is 1. The van der Waals surface area contributed by atoms with Gasteiger partial charge in [0.1, 0.15) is 18.4 Å². The fraction of sp³-hybridized carbons (Fsp3) is 0.316. The molecular formula is C19H22N2O3. The second-order valence-electron chi connectivity index (χ2n) is 5.88. The molecule has 1 fully saturated rings. The van der Waals surface area contributed by atoms with Crippen LogP contribution in [0.2, 0.25) is 0 Å². The lowest BCUT2D eigenvalue weighted by Crippen LogP contribution is -2.48. The Labute approximate surface area is 142 Å². The van der Waals surface area contributed by atoms with E-state index in [4.69, 9.17) is 9.47 Å². The van der Waals surface area contributed by atoms with Crippen molar-refractivity contribution in [2.45, 2.75) is 19.6 Å². The number of nitrogens with one attached hydrogen (secondary N) is 2. The van der Waals surface area contributed by atoms with E-state index < -0.39 is 0 Å². The molecule has 1 amide bonds. The van der Waals surface area contributed by atoms with Crippen molar-refractivity contribution < 1.29 is 14.3 Å². The standard InChI is InChI=1S/C19H22N2O3/c1-14-4-2-5-15(10-14)12-24-17-7-3-6-16(11-17)21-19(22)18-13-23-9-8-20-18/h2-7,10-11,18,20H,8-9,12-13H2,1H3,(H,21,22)/t18-/m0/s1. The summed E-state index contributed by atoms with van der Waals surface area (Å²) in [7, 11) is 0. The summed E-state index contributed by atoms with van der Waals surface area (Å²) >= 11 is 0. The van der Waals surface area contributed by atoms with Gasteiger partial charge < -0.3 is 20.1 Å². The molecule has 1 heterocycles. The first kappa shape index (κ1) is 16.5. The van der Waals surface area contributed by atoms with Crippen LogP contribution in [0.4, 0.5) is 5.69 Å². The maximum Gasteiger partial charge on any atom is 0.243 e. The first-order valence-electron chi connectivity index (χ1n) is 8.11. The molecule has 2 aromatic rings. The average Bonchev–Trinajstić information content (AvgIpc) is 2.61. The van der Waals surface area contributed by atoms with Crippen molar-refractivity contribution in [2.75, 3.05) is 25.1 Å². The predicted octanol–water partition coefficient (Wildman–Crippen LogP) is 2.50. The molecule has 0 aliphatic carbocycles. The number of benzene rings is 2. The molecule has 0 radical (unpaired) electrons. The van der Waals surface area contributed by atoms with E-state index in [0.29, 0.717) is 32.1 Å². The SMILES string of the molecule is Cc1cccc(COc2cccc(NC(=O)[C@@H]3COCCN3)c2)c1. The summed E-state index contributed by atoms with van der Waals surface area (Å²) in [5, 5.41) is 6.04. The van der Waals surface area contributed by atoms with Crippen molar-refractivity contribution in [3.05, 3.63) is 59.7 Å². The lowest BCUT2D eigenvalue weighted by Gasteiger charge is -2.23. The highest BCUT2D eigenvalue weighted by atomic mass is 16.5. The number of carbonyl (C=O) groups is 1. The molecule has 5 nitrogen and oxygen atoms in total. The molecular weight excluding hydrogens is 304 g/mol. The molecule has 0 aromatic heterocycles. The molecule has 1 atom stereocenters. The van der Waals surface area contributed by atoms with Gasteiger partial charge in [-0.2, -0.15) is 0 Å². The van der Waals surface area contributed by atoms with E-state index >= 15 is 0 Å². The molecule has 2 aromatic carbocycles. The first-order chi connectivity index (χ1) is 11.7. The normalized spacial score (nSPS) is 17.3. The van der Waals surface area contributed by atoms with Gasteiger partial charge in [-0.25, -0.2) is 0 Å². The molecule has 0 saturated carbocycles. The van der Waals surface area contributed by atoms with Gasteiger partial charge in [0, 0.05) is 18.3 Å². The Morgan fingerprint density at radius 3 is 2.96 bits per heavy atom. The van der Waals surface area contributed by atoms with Crippen LogP contribution in [0.25, 0.3) is 0 Å². The lowest BCUT2D eigenvalue weighted by molar-refractivity contribution is -0.120. The topological polar surface area (TPSA) is 59.6 Å². The van der Waals surface area contributed by atoms with Gasteiger partial charge in [-0.1, -0.05) is 35.9 Å². The van der Waals surface area contributed by atoms with Crippen LogP contribution in [-0.4, -0.2) is 31.7 Å². The highest BCUT2D eigenvalue weighted by Gasteiger charge is 2.21. The quantitative estimate of drug-likeness (QED) is 0.886. The third kappa shape index (κ3) is 4.57. The molecule has 3 rings (SSSR count). The van der Waals surface area contributed by atoms with Crippen molar-refractivity contribution in [1.29, 1.82) is 0 Å². The van der Waals surface area contributed by atoms with Crippen LogP contribution in [0.5, 0.6) is 5.75 Å². The van der Waals surface area contributed by atoms with Gasteiger partial charge in [0.05, 0.1) is 13.2 Å². The number of ether oxygens (including phenoxy) is 2. The minimum atomic E-state index is -0.310. The number of carbonyl (C=O) groups excluding carboxylic acids is 1. The molecule has 1 aliphatic heterocycles. The fourth-order valence-electron chi connectivity index (χ4n) is 2.60. The van der Waals surface area contributed by atoms with Crippen LogP contribution in [0, 0.1) is 6.92 Å². The minimum Gasteiger partial charge on any atom is -0.489 e. The summed E-state index contributed by atoms with van der Waals surface area (Å²) in [6.45, 7) is 4.29. The Morgan fingerprint density at radius 1 is 1.29 bits per heavy atom. The monoisotopic (exact) mass is 326 g/mol. The number of morpholine rings is 1. The van der Waals surface area contributed by atoms with E-state index in [1.807, 2.05) is 36.4 Å². The van der Waals surface area contributed by atoms with Gasteiger partial charge in [-0.05, 0) is 24.6 Å². The average molecular weight is 326 g/mol. The first-order valence-corrected chi connectivity index (χ1v) is 8.11. The molecule has 0 bridgehead atoms. The Balaban J connectivity index is 1.58. The number of hydrogen-bond acceptors (Lipinski definition) is 4. The summed E-state index contributed by atoms with van der Waals surface area (Å²) in [6, 6.07) is 15.3. The van der Waals surface area contributed by atoms with Gasteiger partial charge in [-0.15, -0.1) is 0 Å². The fourth-order valence-corrected chi connectivity index (χ4v) is 2.60. The zero-order valence-electron chi connectivity index (χ0n) is 13.7. The molecule has 2 N–H and O–H groups in total. The van der Waals surface area contributed by atoms with Crippen molar-refractivity contribution in [3.8, 4) is 5.75 Å². The number of rotatable bonds is 5. The van der Waals surface area contributed by atoms with Crippen molar-refractivity contribution >= 4 is 11.6 Å². The third-order valence-corrected chi connectivity index (χ3v) is 3.83. The van der Waals surface area contributed by atoms with Gasteiger partial charge in [0.25, 0.3) is 0 Å². The third-order valence-electron chi connectivity index (χ3n) is 3.83. The smallest absolute Gasteiger partial charge is 0.243 e. The Hall–Kier alpha value is -2.37. The van der Waals surface area contributed by atoms with E-state index in [0.717, 1.165) is 11.3 Å².